The number of hydrogen-bond acceptors (Lipinski definition) is 4. The van der Waals surface area contributed by atoms with Gasteiger partial charge in [0.25, 0.3) is 0 Å². The summed E-state index contributed by atoms with van der Waals surface area (Å²) in [7, 11) is -3.43. The molecular weight excluding hydrogens is 478 g/mol. The first kappa shape index (κ1) is 39.3. The Morgan fingerprint density at radius 1 is 0.361 bits per heavy atom. The van der Waals surface area contributed by atoms with Crippen LogP contribution in [-0.4, -0.2) is 19.8 Å². The molecule has 0 amide bonds. The second kappa shape index (κ2) is 32.3. The Labute approximate surface area is 249 Å². The van der Waals surface area contributed by atoms with E-state index in [1.165, 1.54) is 116 Å². The van der Waals surface area contributed by atoms with E-state index in [0.29, 0.717) is 19.8 Å². The molecule has 6 heteroatoms. The number of hydrogen-bond donors (Lipinski definition) is 0. The minimum atomic E-state index is -3.43. The molecule has 0 unspecified atom stereocenters. The first-order valence-corrected chi connectivity index (χ1v) is 17.2. The molecule has 0 aromatic heterocycles. The molecule has 0 bridgehead atoms. The molecule has 0 radical (unpaired) electrons. The third-order valence-electron chi connectivity index (χ3n) is 6.74. The molecule has 0 aromatic carbocycles. The second-order valence-corrected chi connectivity index (χ2v) is 12.0. The van der Waals surface area contributed by atoms with E-state index in [1.54, 1.807) is 0 Å². The summed E-state index contributed by atoms with van der Waals surface area (Å²) in [6.07, 6.45) is 29.7. The minimum Gasteiger partial charge on any atom is -0.287 e. The summed E-state index contributed by atoms with van der Waals surface area (Å²) in [5.41, 5.74) is 0. The number of phosphoric ester groups is 1. The molecule has 4 nitrogen and oxygen atoms in total. The van der Waals surface area contributed by atoms with Crippen LogP contribution in [-0.2, 0) is 18.1 Å². The van der Waals surface area contributed by atoms with E-state index >= 15 is 0 Å². The molecule has 0 fully saturated rings. The van der Waals surface area contributed by atoms with E-state index in [0.717, 1.165) is 38.5 Å². The summed E-state index contributed by atoms with van der Waals surface area (Å²) in [4.78, 5) is 0. The number of rotatable bonds is 30. The van der Waals surface area contributed by atoms with E-state index in [-0.39, 0.29) is 29.6 Å². The quantitative estimate of drug-likeness (QED) is 0.0519. The third-order valence-corrected chi connectivity index (χ3v) is 8.24. The average Bonchev–Trinajstić information content (AvgIpc) is 2.86. The van der Waals surface area contributed by atoms with Crippen LogP contribution in [0.15, 0.2) is 0 Å². The van der Waals surface area contributed by atoms with Crippen molar-refractivity contribution < 1.29 is 47.7 Å². The Bertz CT molecular complexity index is 389. The van der Waals surface area contributed by atoms with Crippen molar-refractivity contribution >= 4 is 7.82 Å². The van der Waals surface area contributed by atoms with E-state index in [4.69, 9.17) is 13.6 Å². The summed E-state index contributed by atoms with van der Waals surface area (Å²) in [6.45, 7) is 8.18. The van der Waals surface area contributed by atoms with Gasteiger partial charge in [0.2, 0.25) is 0 Å². The van der Waals surface area contributed by atoms with E-state index in [2.05, 4.69) is 20.8 Å². The van der Waals surface area contributed by atoms with Crippen LogP contribution in [0.4, 0.5) is 0 Å². The van der Waals surface area contributed by atoms with Crippen molar-refractivity contribution in [2.24, 2.45) is 0 Å². The van der Waals surface area contributed by atoms with Gasteiger partial charge in [0.05, 0.1) is 19.8 Å². The molecule has 0 heterocycles. The van der Waals surface area contributed by atoms with Crippen LogP contribution in [0.1, 0.15) is 175 Å². The molecule has 0 saturated heterocycles. The average molecular weight is 542 g/mol. The van der Waals surface area contributed by atoms with Crippen molar-refractivity contribution in [2.75, 3.05) is 19.8 Å². The Kier molecular flexibility index (Phi) is 35.2. The van der Waals surface area contributed by atoms with Crippen LogP contribution in [0, 0.1) is 0 Å². The zero-order valence-corrected chi connectivity index (χ0v) is 28.1. The molecule has 212 valence electrons. The van der Waals surface area contributed by atoms with E-state index < -0.39 is 7.82 Å². The minimum absolute atomic E-state index is 0. The summed E-state index contributed by atoms with van der Waals surface area (Å²) in [6, 6.07) is 0. The molecule has 0 aliphatic carbocycles. The Hall–Kier alpha value is 1.11. The summed E-state index contributed by atoms with van der Waals surface area (Å²) in [5.74, 6) is 0. The van der Waals surface area contributed by atoms with Gasteiger partial charge in [-0.2, -0.15) is 0 Å². The topological polar surface area (TPSA) is 44.8 Å². The molecule has 0 rings (SSSR count). The van der Waals surface area contributed by atoms with Gasteiger partial charge in [-0.25, -0.2) is 4.57 Å². The maximum absolute atomic E-state index is 13.2. The van der Waals surface area contributed by atoms with Crippen LogP contribution >= 0.6 is 7.82 Å². The largest absolute Gasteiger partial charge is 1.00 e. The van der Waals surface area contributed by atoms with Crippen LogP contribution in [0.3, 0.4) is 0 Å². The predicted octanol–water partition coefficient (Wildman–Crippen LogP) is 8.57. The van der Waals surface area contributed by atoms with Gasteiger partial charge in [-0.3, -0.25) is 13.6 Å². The van der Waals surface area contributed by atoms with Gasteiger partial charge in [0, 0.05) is 0 Å². The van der Waals surface area contributed by atoms with Crippen LogP contribution in [0.2, 0.25) is 0 Å². The first-order valence-electron chi connectivity index (χ1n) is 15.7. The molecule has 0 N–H and O–H groups in total. The number of unbranched alkanes of at least 4 members (excludes halogenated alkanes) is 21. The zero-order valence-electron chi connectivity index (χ0n) is 25.2. The Morgan fingerprint density at radius 2 is 0.556 bits per heavy atom. The SMILES string of the molecule is CCCCCCCCCCOP(=O)(OCCCCCCCCCC)OCCCCCCCCCC.[Na+]. The summed E-state index contributed by atoms with van der Waals surface area (Å²) < 4.78 is 30.4. The molecular formula is C30H63NaO4P+. The van der Waals surface area contributed by atoms with Gasteiger partial charge in [-0.1, -0.05) is 156 Å². The summed E-state index contributed by atoms with van der Waals surface area (Å²) in [5, 5.41) is 0. The molecule has 0 spiro atoms. The molecule has 0 saturated carbocycles. The molecule has 0 aliphatic heterocycles. The fourth-order valence-corrected chi connectivity index (χ4v) is 5.63. The zero-order chi connectivity index (χ0) is 25.7. The van der Waals surface area contributed by atoms with E-state index in [9.17, 15) is 4.57 Å². The Morgan fingerprint density at radius 3 is 0.778 bits per heavy atom. The first-order chi connectivity index (χ1) is 17.2. The third kappa shape index (κ3) is 29.7. The predicted molar refractivity (Wildman–Crippen MR) is 153 cm³/mol. The molecule has 0 aromatic rings. The molecule has 0 atom stereocenters. The van der Waals surface area contributed by atoms with Gasteiger partial charge < -0.3 is 0 Å². The van der Waals surface area contributed by atoms with Gasteiger partial charge in [-0.15, -0.1) is 0 Å². The summed E-state index contributed by atoms with van der Waals surface area (Å²) >= 11 is 0. The normalized spacial score (nSPS) is 11.6. The van der Waals surface area contributed by atoms with Crippen molar-refractivity contribution in [3.8, 4) is 0 Å². The van der Waals surface area contributed by atoms with Crippen molar-refractivity contribution in [2.45, 2.75) is 175 Å². The van der Waals surface area contributed by atoms with Crippen molar-refractivity contribution in [1.29, 1.82) is 0 Å². The van der Waals surface area contributed by atoms with Crippen LogP contribution < -0.4 is 29.6 Å². The maximum atomic E-state index is 13.2. The van der Waals surface area contributed by atoms with Crippen molar-refractivity contribution in [3.05, 3.63) is 0 Å². The van der Waals surface area contributed by atoms with Gasteiger partial charge in [0.1, 0.15) is 0 Å². The fourth-order valence-electron chi connectivity index (χ4n) is 4.35. The smallest absolute Gasteiger partial charge is 0.287 e. The Balaban J connectivity index is 0. The molecule has 0 aliphatic rings. The number of phosphoric acid groups is 1. The van der Waals surface area contributed by atoms with Gasteiger partial charge >= 0.3 is 37.4 Å². The second-order valence-electron chi connectivity index (χ2n) is 10.4. The van der Waals surface area contributed by atoms with E-state index in [1.807, 2.05) is 0 Å². The monoisotopic (exact) mass is 541 g/mol. The fraction of sp³-hybridized carbons (Fsp3) is 1.00. The van der Waals surface area contributed by atoms with Crippen molar-refractivity contribution in [1.82, 2.24) is 0 Å². The maximum Gasteiger partial charge on any atom is 1.00 e. The van der Waals surface area contributed by atoms with Crippen molar-refractivity contribution in [3.63, 3.8) is 0 Å². The van der Waals surface area contributed by atoms with Crippen LogP contribution in [0.5, 0.6) is 0 Å². The van der Waals surface area contributed by atoms with Crippen LogP contribution in [0.25, 0.3) is 0 Å². The van der Waals surface area contributed by atoms with Gasteiger partial charge in [-0.05, 0) is 19.3 Å². The molecule has 36 heavy (non-hydrogen) atoms. The van der Waals surface area contributed by atoms with Gasteiger partial charge in [0.15, 0.2) is 0 Å². The standard InChI is InChI=1S/C30H63O4P.Na/c1-4-7-10-13-16-19-22-25-28-32-35(31,33-29-26-23-20-17-14-11-8-5-2)34-30-27-24-21-18-15-12-9-6-3;/h4-30H2,1-3H3;/q;+1.